The lowest BCUT2D eigenvalue weighted by atomic mass is 10.2. The van der Waals surface area contributed by atoms with E-state index in [1.165, 1.54) is 17.6 Å². The van der Waals surface area contributed by atoms with Crippen LogP contribution in [0.25, 0.3) is 16.3 Å². The largest absolute Gasteiger partial charge is 0.467 e. The van der Waals surface area contributed by atoms with Gasteiger partial charge in [-0.3, -0.25) is 4.79 Å². The van der Waals surface area contributed by atoms with Crippen molar-refractivity contribution in [2.75, 3.05) is 6.54 Å². The van der Waals surface area contributed by atoms with Crippen LogP contribution in [0.3, 0.4) is 0 Å². The van der Waals surface area contributed by atoms with Gasteiger partial charge in [-0.25, -0.2) is 4.68 Å². The number of amides is 1. The molecule has 0 aliphatic rings. The number of thiophene rings is 1. The summed E-state index contributed by atoms with van der Waals surface area (Å²) in [6.07, 6.45) is 2.29. The minimum atomic E-state index is -0.904. The monoisotopic (exact) mass is 379 g/mol. The summed E-state index contributed by atoms with van der Waals surface area (Å²) in [6, 6.07) is 16.8. The van der Waals surface area contributed by atoms with E-state index in [0.29, 0.717) is 17.0 Å². The molecular weight excluding hydrogens is 362 g/mol. The molecule has 0 aliphatic carbocycles. The lowest BCUT2D eigenvalue weighted by molar-refractivity contribution is 0.0901. The predicted molar refractivity (Wildman–Crippen MR) is 103 cm³/mol. The van der Waals surface area contributed by atoms with Gasteiger partial charge in [0.1, 0.15) is 17.6 Å². The molecule has 3 aromatic heterocycles. The molecule has 0 aliphatic heterocycles. The van der Waals surface area contributed by atoms with Crippen molar-refractivity contribution in [2.45, 2.75) is 6.10 Å². The first kappa shape index (κ1) is 17.3. The van der Waals surface area contributed by atoms with Crippen LogP contribution in [-0.2, 0) is 0 Å². The number of furan rings is 1. The number of aromatic nitrogens is 2. The highest BCUT2D eigenvalue weighted by Gasteiger charge is 2.20. The summed E-state index contributed by atoms with van der Waals surface area (Å²) in [5, 5.41) is 19.4. The van der Waals surface area contributed by atoms with Crippen molar-refractivity contribution in [3.05, 3.63) is 83.8 Å². The zero-order chi connectivity index (χ0) is 18.6. The fourth-order valence-corrected chi connectivity index (χ4v) is 3.44. The highest BCUT2D eigenvalue weighted by atomic mass is 32.1. The van der Waals surface area contributed by atoms with E-state index >= 15 is 0 Å². The zero-order valence-corrected chi connectivity index (χ0v) is 15.1. The number of nitrogens with one attached hydrogen (secondary N) is 1. The Morgan fingerprint density at radius 2 is 2.04 bits per heavy atom. The van der Waals surface area contributed by atoms with E-state index in [2.05, 4.69) is 10.4 Å². The molecule has 1 unspecified atom stereocenters. The smallest absolute Gasteiger partial charge is 0.255 e. The van der Waals surface area contributed by atoms with Crippen LogP contribution in [0, 0.1) is 0 Å². The number of rotatable bonds is 6. The van der Waals surface area contributed by atoms with E-state index in [-0.39, 0.29) is 12.5 Å². The van der Waals surface area contributed by atoms with Crippen molar-refractivity contribution in [3.63, 3.8) is 0 Å². The summed E-state index contributed by atoms with van der Waals surface area (Å²) in [5.74, 6) is 0.111. The second kappa shape index (κ2) is 7.61. The van der Waals surface area contributed by atoms with Crippen molar-refractivity contribution in [2.24, 2.45) is 0 Å². The van der Waals surface area contributed by atoms with E-state index in [4.69, 9.17) is 4.42 Å². The Morgan fingerprint density at radius 3 is 2.74 bits per heavy atom. The molecule has 0 bridgehead atoms. The summed E-state index contributed by atoms with van der Waals surface area (Å²) >= 11 is 1.52. The average Bonchev–Trinajstić information content (AvgIpc) is 3.47. The molecule has 0 saturated carbocycles. The maximum atomic E-state index is 12.8. The van der Waals surface area contributed by atoms with Crippen molar-refractivity contribution >= 4 is 17.2 Å². The fraction of sp³-hybridized carbons (Fsp3) is 0.100. The van der Waals surface area contributed by atoms with Gasteiger partial charge in [0.25, 0.3) is 5.91 Å². The van der Waals surface area contributed by atoms with Crippen LogP contribution in [0.2, 0.25) is 0 Å². The first-order valence-corrected chi connectivity index (χ1v) is 9.29. The van der Waals surface area contributed by atoms with Gasteiger partial charge < -0.3 is 14.8 Å². The molecule has 1 aromatic carbocycles. The maximum Gasteiger partial charge on any atom is 0.255 e. The summed E-state index contributed by atoms with van der Waals surface area (Å²) in [6.45, 7) is 0.0484. The second-order valence-corrected chi connectivity index (χ2v) is 6.84. The minimum Gasteiger partial charge on any atom is -0.467 e. The third kappa shape index (κ3) is 3.69. The lowest BCUT2D eigenvalue weighted by Crippen LogP contribution is -2.28. The van der Waals surface area contributed by atoms with E-state index in [0.717, 1.165) is 10.6 Å². The lowest BCUT2D eigenvalue weighted by Gasteiger charge is -2.09. The van der Waals surface area contributed by atoms with Crippen LogP contribution in [0.1, 0.15) is 22.2 Å². The van der Waals surface area contributed by atoms with Gasteiger partial charge in [-0.15, -0.1) is 11.3 Å². The van der Waals surface area contributed by atoms with Gasteiger partial charge in [0.15, 0.2) is 0 Å². The van der Waals surface area contributed by atoms with E-state index < -0.39 is 6.10 Å². The predicted octanol–water partition coefficient (Wildman–Crippen LogP) is 3.66. The highest BCUT2D eigenvalue weighted by molar-refractivity contribution is 7.13. The maximum absolute atomic E-state index is 12.8. The van der Waals surface area contributed by atoms with Crippen molar-refractivity contribution in [3.8, 4) is 16.3 Å². The van der Waals surface area contributed by atoms with Gasteiger partial charge in [0.2, 0.25) is 0 Å². The zero-order valence-electron chi connectivity index (χ0n) is 14.3. The number of aliphatic hydroxyl groups excluding tert-OH is 1. The van der Waals surface area contributed by atoms with Gasteiger partial charge in [-0.1, -0.05) is 24.3 Å². The molecular formula is C20H17N3O3S. The van der Waals surface area contributed by atoms with Gasteiger partial charge >= 0.3 is 0 Å². The Bertz CT molecular complexity index is 1010. The Morgan fingerprint density at radius 1 is 1.19 bits per heavy atom. The van der Waals surface area contributed by atoms with Gasteiger partial charge in [-0.05, 0) is 35.7 Å². The first-order valence-electron chi connectivity index (χ1n) is 8.41. The average molecular weight is 379 g/mol. The summed E-state index contributed by atoms with van der Waals surface area (Å²) in [5.41, 5.74) is 1.93. The standard InChI is InChI=1S/C20H17N3O3S/c24-16(17-8-4-10-26-17)12-21-20(25)15-13-23(14-6-2-1-3-7-14)22-19(15)18-9-5-11-27-18/h1-11,13,16,24H,12H2,(H,21,25). The molecule has 1 atom stereocenters. The van der Waals surface area contributed by atoms with Gasteiger partial charge in [0.05, 0.1) is 28.9 Å². The van der Waals surface area contributed by atoms with Crippen LogP contribution < -0.4 is 5.32 Å². The molecule has 0 radical (unpaired) electrons. The molecule has 136 valence electrons. The van der Waals surface area contributed by atoms with E-state index in [1.807, 2.05) is 47.8 Å². The molecule has 2 N–H and O–H groups in total. The fourth-order valence-electron chi connectivity index (χ4n) is 2.71. The first-order chi connectivity index (χ1) is 13.2. The number of hydrogen-bond acceptors (Lipinski definition) is 5. The number of para-hydroxylation sites is 1. The summed E-state index contributed by atoms with van der Waals surface area (Å²) < 4.78 is 6.85. The summed E-state index contributed by atoms with van der Waals surface area (Å²) in [7, 11) is 0. The Hall–Kier alpha value is -3.16. The number of aliphatic hydroxyl groups is 1. The molecule has 7 heteroatoms. The number of carbonyl (C=O) groups is 1. The molecule has 4 rings (SSSR count). The third-order valence-corrected chi connectivity index (χ3v) is 4.94. The molecule has 0 saturated heterocycles. The van der Waals surface area contributed by atoms with E-state index in [9.17, 15) is 9.90 Å². The Kier molecular flexibility index (Phi) is 4.86. The number of benzene rings is 1. The number of carbonyl (C=O) groups excluding carboxylic acids is 1. The minimum absolute atomic E-state index is 0.0484. The molecule has 3 heterocycles. The van der Waals surface area contributed by atoms with Gasteiger partial charge in [-0.2, -0.15) is 5.10 Å². The highest BCUT2D eigenvalue weighted by Crippen LogP contribution is 2.28. The van der Waals surface area contributed by atoms with Crippen LogP contribution in [0.4, 0.5) is 0 Å². The van der Waals surface area contributed by atoms with E-state index in [1.54, 1.807) is 23.0 Å². The molecule has 0 fully saturated rings. The number of nitrogens with zero attached hydrogens (tertiary/aromatic N) is 2. The van der Waals surface area contributed by atoms with Gasteiger partial charge in [0, 0.05) is 6.20 Å². The van der Waals surface area contributed by atoms with Crippen LogP contribution in [-0.4, -0.2) is 27.3 Å². The summed E-state index contributed by atoms with van der Waals surface area (Å²) in [4.78, 5) is 13.7. The van der Waals surface area contributed by atoms with Crippen LogP contribution in [0.15, 0.2) is 76.9 Å². The van der Waals surface area contributed by atoms with Crippen molar-refractivity contribution < 1.29 is 14.3 Å². The van der Waals surface area contributed by atoms with Crippen molar-refractivity contribution in [1.29, 1.82) is 0 Å². The van der Waals surface area contributed by atoms with Crippen molar-refractivity contribution in [1.82, 2.24) is 15.1 Å². The normalized spacial score (nSPS) is 12.0. The van der Waals surface area contributed by atoms with Crippen LogP contribution >= 0.6 is 11.3 Å². The molecule has 0 spiro atoms. The molecule has 6 nitrogen and oxygen atoms in total. The Labute approximate surface area is 159 Å². The molecule has 1 amide bonds. The molecule has 4 aromatic rings. The number of hydrogen-bond donors (Lipinski definition) is 2. The second-order valence-electron chi connectivity index (χ2n) is 5.89. The Balaban J connectivity index is 1.60. The quantitative estimate of drug-likeness (QED) is 0.536. The SMILES string of the molecule is O=C(NCC(O)c1ccco1)c1cn(-c2ccccc2)nc1-c1cccs1. The topological polar surface area (TPSA) is 80.3 Å². The third-order valence-electron chi connectivity index (χ3n) is 4.06. The molecule has 27 heavy (non-hydrogen) atoms. The van der Waals surface area contributed by atoms with Crippen LogP contribution in [0.5, 0.6) is 0 Å².